The van der Waals surface area contributed by atoms with E-state index in [1.54, 1.807) is 0 Å². The highest BCUT2D eigenvalue weighted by Gasteiger charge is 2.38. The molecule has 0 fully saturated rings. The van der Waals surface area contributed by atoms with Gasteiger partial charge in [-0.2, -0.15) is 13.2 Å². The molecule has 21 heavy (non-hydrogen) atoms. The van der Waals surface area contributed by atoms with E-state index in [0.717, 1.165) is 24.3 Å². The van der Waals surface area contributed by atoms with Crippen LogP contribution in [0.5, 0.6) is 0 Å². The number of aromatic nitrogens is 2. The van der Waals surface area contributed by atoms with Crippen molar-refractivity contribution in [3.63, 3.8) is 0 Å². The molecule has 0 saturated heterocycles. The number of nitrogens with one attached hydrogen (secondary N) is 2. The standard InChI is InChI=1S/C11H15F3N4O.2ClH/c12-11(13,14)9(19)5-16-10-7-1-3-15-4-2-8(7)17-6-18-10;;/h6,9,15,19H,1-5H2,(H,16,17,18);2*1H. The van der Waals surface area contributed by atoms with Gasteiger partial charge in [0.25, 0.3) is 0 Å². The molecule has 1 atom stereocenters. The maximum Gasteiger partial charge on any atom is 0.416 e. The highest BCUT2D eigenvalue weighted by atomic mass is 35.5. The first-order valence-corrected chi connectivity index (χ1v) is 6.00. The van der Waals surface area contributed by atoms with E-state index < -0.39 is 18.8 Å². The van der Waals surface area contributed by atoms with Crippen LogP contribution in [0.25, 0.3) is 0 Å². The van der Waals surface area contributed by atoms with Gasteiger partial charge in [-0.3, -0.25) is 0 Å². The largest absolute Gasteiger partial charge is 0.416 e. The Morgan fingerprint density at radius 3 is 2.57 bits per heavy atom. The number of hydrogen-bond donors (Lipinski definition) is 3. The number of rotatable bonds is 3. The molecular formula is C11H17Cl2F3N4O. The van der Waals surface area contributed by atoms with Gasteiger partial charge < -0.3 is 15.7 Å². The van der Waals surface area contributed by atoms with E-state index >= 15 is 0 Å². The van der Waals surface area contributed by atoms with Crippen molar-refractivity contribution < 1.29 is 18.3 Å². The Hall–Kier alpha value is -0.830. The summed E-state index contributed by atoms with van der Waals surface area (Å²) in [7, 11) is 0. The topological polar surface area (TPSA) is 70.1 Å². The smallest absolute Gasteiger partial charge is 0.382 e. The molecule has 0 radical (unpaired) electrons. The number of aliphatic hydroxyl groups is 1. The molecule has 2 rings (SSSR count). The molecule has 122 valence electrons. The van der Waals surface area contributed by atoms with Gasteiger partial charge >= 0.3 is 6.18 Å². The van der Waals surface area contributed by atoms with Crippen molar-refractivity contribution in [2.24, 2.45) is 0 Å². The Labute approximate surface area is 132 Å². The minimum absolute atomic E-state index is 0. The Bertz CT molecular complexity index is 448. The molecule has 0 aromatic carbocycles. The average Bonchev–Trinajstić information content (AvgIpc) is 2.60. The summed E-state index contributed by atoms with van der Waals surface area (Å²) in [6, 6.07) is 0. The van der Waals surface area contributed by atoms with Crippen molar-refractivity contribution in [3.05, 3.63) is 17.6 Å². The monoisotopic (exact) mass is 348 g/mol. The number of nitrogens with zero attached hydrogens (tertiary/aromatic N) is 2. The number of anilines is 1. The van der Waals surface area contributed by atoms with E-state index in [9.17, 15) is 13.2 Å². The summed E-state index contributed by atoms with van der Waals surface area (Å²) >= 11 is 0. The maximum atomic E-state index is 12.2. The molecule has 1 aromatic rings. The summed E-state index contributed by atoms with van der Waals surface area (Å²) in [4.78, 5) is 8.10. The van der Waals surface area contributed by atoms with Crippen molar-refractivity contribution in [3.8, 4) is 0 Å². The average molecular weight is 349 g/mol. The van der Waals surface area contributed by atoms with E-state index in [1.807, 2.05) is 0 Å². The molecule has 10 heteroatoms. The van der Waals surface area contributed by atoms with Crippen LogP contribution in [0.2, 0.25) is 0 Å². The van der Waals surface area contributed by atoms with E-state index in [-0.39, 0.29) is 24.8 Å². The highest BCUT2D eigenvalue weighted by Crippen LogP contribution is 2.22. The third kappa shape index (κ3) is 5.46. The SMILES string of the molecule is Cl.Cl.OC(CNc1ncnc2c1CCNCC2)C(F)(F)F. The first kappa shape index (κ1) is 20.2. The van der Waals surface area contributed by atoms with Gasteiger partial charge in [-0.25, -0.2) is 9.97 Å². The predicted octanol–water partition coefficient (Wildman–Crippen LogP) is 1.34. The molecule has 0 aliphatic carbocycles. The first-order chi connectivity index (χ1) is 8.98. The molecule has 5 nitrogen and oxygen atoms in total. The van der Waals surface area contributed by atoms with Gasteiger partial charge in [0.2, 0.25) is 0 Å². The molecule has 0 amide bonds. The van der Waals surface area contributed by atoms with E-state index in [0.29, 0.717) is 18.7 Å². The van der Waals surface area contributed by atoms with Gasteiger partial charge in [-0.1, -0.05) is 0 Å². The fourth-order valence-electron chi connectivity index (χ4n) is 1.93. The van der Waals surface area contributed by atoms with E-state index in [2.05, 4.69) is 20.6 Å². The summed E-state index contributed by atoms with van der Waals surface area (Å²) in [6.45, 7) is 0.909. The lowest BCUT2D eigenvalue weighted by Crippen LogP contribution is -2.35. The Balaban J connectivity index is 0.00000200. The fraction of sp³-hybridized carbons (Fsp3) is 0.636. The second kappa shape index (κ2) is 8.57. The third-order valence-corrected chi connectivity index (χ3v) is 2.97. The number of hydrogen-bond acceptors (Lipinski definition) is 5. The van der Waals surface area contributed by atoms with Crippen LogP contribution < -0.4 is 10.6 Å². The molecule has 1 aromatic heterocycles. The zero-order chi connectivity index (χ0) is 13.9. The Morgan fingerprint density at radius 2 is 1.90 bits per heavy atom. The second-order valence-corrected chi connectivity index (χ2v) is 4.34. The highest BCUT2D eigenvalue weighted by molar-refractivity contribution is 5.85. The van der Waals surface area contributed by atoms with Gasteiger partial charge in [0, 0.05) is 18.5 Å². The Kier molecular flexibility index (Phi) is 8.23. The minimum Gasteiger partial charge on any atom is -0.382 e. The first-order valence-electron chi connectivity index (χ1n) is 6.00. The quantitative estimate of drug-likeness (QED) is 0.769. The predicted molar refractivity (Wildman–Crippen MR) is 77.4 cm³/mol. The summed E-state index contributed by atoms with van der Waals surface area (Å²) < 4.78 is 36.7. The summed E-state index contributed by atoms with van der Waals surface area (Å²) in [6.07, 6.45) is -4.33. The summed E-state index contributed by atoms with van der Waals surface area (Å²) in [5, 5.41) is 14.7. The van der Waals surface area contributed by atoms with Crippen molar-refractivity contribution in [1.29, 1.82) is 0 Å². The van der Waals surface area contributed by atoms with Crippen LogP contribution in [0.15, 0.2) is 6.33 Å². The summed E-state index contributed by atoms with van der Waals surface area (Å²) in [5.74, 6) is 0.372. The number of fused-ring (bicyclic) bond motifs is 1. The molecule has 3 N–H and O–H groups in total. The van der Waals surface area contributed by atoms with Crippen LogP contribution in [-0.2, 0) is 12.8 Å². The van der Waals surface area contributed by atoms with Crippen LogP contribution in [0.3, 0.4) is 0 Å². The molecule has 0 spiro atoms. The lowest BCUT2D eigenvalue weighted by Gasteiger charge is -2.17. The lowest BCUT2D eigenvalue weighted by atomic mass is 10.1. The van der Waals surface area contributed by atoms with Crippen LogP contribution in [0, 0.1) is 0 Å². The molecule has 0 bridgehead atoms. The van der Waals surface area contributed by atoms with Crippen molar-refractivity contribution in [2.75, 3.05) is 25.0 Å². The zero-order valence-electron chi connectivity index (χ0n) is 11.0. The number of alkyl halides is 3. The summed E-state index contributed by atoms with van der Waals surface area (Å²) in [5.41, 5.74) is 1.66. The zero-order valence-corrected chi connectivity index (χ0v) is 12.6. The van der Waals surface area contributed by atoms with Gasteiger partial charge in [-0.05, 0) is 13.0 Å². The Morgan fingerprint density at radius 1 is 1.24 bits per heavy atom. The van der Waals surface area contributed by atoms with Crippen molar-refractivity contribution in [2.45, 2.75) is 25.1 Å². The minimum atomic E-state index is -4.63. The van der Waals surface area contributed by atoms with Crippen molar-refractivity contribution >= 4 is 30.6 Å². The van der Waals surface area contributed by atoms with E-state index in [1.165, 1.54) is 6.33 Å². The molecular weight excluding hydrogens is 332 g/mol. The van der Waals surface area contributed by atoms with Crippen LogP contribution >= 0.6 is 24.8 Å². The molecule has 1 unspecified atom stereocenters. The molecule has 1 aliphatic rings. The normalized spacial score (nSPS) is 15.8. The van der Waals surface area contributed by atoms with Crippen LogP contribution in [0.1, 0.15) is 11.3 Å². The van der Waals surface area contributed by atoms with Gasteiger partial charge in [0.05, 0.1) is 12.2 Å². The second-order valence-electron chi connectivity index (χ2n) is 4.34. The third-order valence-electron chi connectivity index (χ3n) is 2.97. The number of halogens is 5. The maximum absolute atomic E-state index is 12.2. The molecule has 1 aliphatic heterocycles. The van der Waals surface area contributed by atoms with Gasteiger partial charge in [0.15, 0.2) is 6.10 Å². The van der Waals surface area contributed by atoms with Crippen LogP contribution in [0.4, 0.5) is 19.0 Å². The van der Waals surface area contributed by atoms with E-state index in [4.69, 9.17) is 5.11 Å². The fourth-order valence-corrected chi connectivity index (χ4v) is 1.93. The lowest BCUT2D eigenvalue weighted by molar-refractivity contribution is -0.198. The van der Waals surface area contributed by atoms with Gasteiger partial charge in [0.1, 0.15) is 12.1 Å². The van der Waals surface area contributed by atoms with Crippen molar-refractivity contribution in [1.82, 2.24) is 15.3 Å². The molecule has 0 saturated carbocycles. The molecule has 2 heterocycles. The van der Waals surface area contributed by atoms with Crippen LogP contribution in [-0.4, -0.2) is 47.0 Å². The van der Waals surface area contributed by atoms with Gasteiger partial charge in [-0.15, -0.1) is 24.8 Å². The number of aliphatic hydroxyl groups excluding tert-OH is 1.